The van der Waals surface area contributed by atoms with Crippen molar-refractivity contribution in [2.75, 3.05) is 18.0 Å². The third-order valence-electron chi connectivity index (χ3n) is 4.33. The zero-order valence-corrected chi connectivity index (χ0v) is 13.0. The molecule has 120 valence electrons. The number of carbonyl (C=O) groups is 1. The van der Waals surface area contributed by atoms with Crippen LogP contribution >= 0.6 is 0 Å². The number of aryl methyl sites for hydroxylation is 1. The van der Waals surface area contributed by atoms with E-state index in [0.717, 1.165) is 43.7 Å². The molecule has 1 aliphatic carbocycles. The van der Waals surface area contributed by atoms with Crippen molar-refractivity contribution in [3.05, 3.63) is 24.2 Å². The molecule has 0 bridgehead atoms. The highest BCUT2D eigenvalue weighted by atomic mass is 16.5. The highest BCUT2D eigenvalue weighted by Crippen LogP contribution is 2.31. The molecule has 1 saturated heterocycles. The van der Waals surface area contributed by atoms with E-state index < -0.39 is 0 Å². The first-order valence-electron chi connectivity index (χ1n) is 8.02. The average Bonchev–Trinajstić information content (AvgIpc) is 3.17. The first-order chi connectivity index (χ1) is 11.2. The van der Waals surface area contributed by atoms with Gasteiger partial charge in [0.15, 0.2) is 5.82 Å². The molecule has 23 heavy (non-hydrogen) atoms. The Morgan fingerprint density at radius 1 is 1.39 bits per heavy atom. The van der Waals surface area contributed by atoms with Crippen LogP contribution in [0.1, 0.15) is 25.1 Å². The predicted molar refractivity (Wildman–Crippen MR) is 83.8 cm³/mol. The monoisotopic (exact) mass is 313 g/mol. The van der Waals surface area contributed by atoms with Gasteiger partial charge in [0.1, 0.15) is 5.82 Å². The Labute approximate surface area is 134 Å². The van der Waals surface area contributed by atoms with E-state index >= 15 is 0 Å². The molecule has 3 heterocycles. The number of pyridine rings is 1. The molecule has 7 nitrogen and oxygen atoms in total. The summed E-state index contributed by atoms with van der Waals surface area (Å²) >= 11 is 0. The summed E-state index contributed by atoms with van der Waals surface area (Å²) in [6.45, 7) is 3.41. The average molecular weight is 313 g/mol. The molecule has 1 amide bonds. The minimum absolute atomic E-state index is 0.183. The molecule has 1 aliphatic heterocycles. The summed E-state index contributed by atoms with van der Waals surface area (Å²) in [6, 6.07) is 3.98. The molecule has 0 radical (unpaired) electrons. The van der Waals surface area contributed by atoms with Crippen LogP contribution in [-0.4, -0.2) is 40.2 Å². The van der Waals surface area contributed by atoms with Crippen molar-refractivity contribution < 1.29 is 9.32 Å². The van der Waals surface area contributed by atoms with Crippen LogP contribution in [0.5, 0.6) is 0 Å². The molecule has 4 rings (SSSR count). The number of anilines is 1. The molecular formula is C16H19N5O2. The molecule has 2 aliphatic rings. The number of hydrogen-bond acceptors (Lipinski definition) is 6. The maximum Gasteiger partial charge on any atom is 0.261 e. The van der Waals surface area contributed by atoms with Gasteiger partial charge in [-0.3, -0.25) is 4.79 Å². The van der Waals surface area contributed by atoms with Crippen molar-refractivity contribution in [1.29, 1.82) is 0 Å². The number of hydrogen-bond donors (Lipinski definition) is 1. The van der Waals surface area contributed by atoms with Gasteiger partial charge in [-0.05, 0) is 38.3 Å². The quantitative estimate of drug-likeness (QED) is 0.922. The molecule has 1 atom stereocenters. The van der Waals surface area contributed by atoms with E-state index in [4.69, 9.17) is 4.52 Å². The van der Waals surface area contributed by atoms with Gasteiger partial charge in [-0.15, -0.1) is 0 Å². The smallest absolute Gasteiger partial charge is 0.261 e. The van der Waals surface area contributed by atoms with Crippen LogP contribution in [0.25, 0.3) is 11.5 Å². The molecular weight excluding hydrogens is 294 g/mol. The zero-order valence-electron chi connectivity index (χ0n) is 13.0. The van der Waals surface area contributed by atoms with Gasteiger partial charge in [0.05, 0.1) is 5.56 Å². The maximum atomic E-state index is 11.9. The van der Waals surface area contributed by atoms with Crippen LogP contribution in [-0.2, 0) is 4.79 Å². The lowest BCUT2D eigenvalue weighted by Crippen LogP contribution is -2.38. The number of carbonyl (C=O) groups excluding carboxylic acids is 1. The second-order valence-electron chi connectivity index (χ2n) is 6.24. The molecule has 2 aromatic rings. The molecule has 0 spiro atoms. The van der Waals surface area contributed by atoms with Crippen LogP contribution in [0.15, 0.2) is 22.9 Å². The van der Waals surface area contributed by atoms with Crippen LogP contribution in [0, 0.1) is 12.8 Å². The van der Waals surface area contributed by atoms with Crippen LogP contribution < -0.4 is 10.2 Å². The number of amides is 1. The topological polar surface area (TPSA) is 84.2 Å². The molecule has 2 fully saturated rings. The Kier molecular flexibility index (Phi) is 3.48. The van der Waals surface area contributed by atoms with Crippen molar-refractivity contribution in [1.82, 2.24) is 20.4 Å². The van der Waals surface area contributed by atoms with Crippen LogP contribution in [0.3, 0.4) is 0 Å². The Morgan fingerprint density at radius 2 is 2.26 bits per heavy atom. The summed E-state index contributed by atoms with van der Waals surface area (Å²) in [5.74, 6) is 2.36. The van der Waals surface area contributed by atoms with E-state index in [1.165, 1.54) is 0 Å². The maximum absolute atomic E-state index is 11.9. The van der Waals surface area contributed by atoms with E-state index in [1.807, 2.05) is 12.1 Å². The molecule has 0 aromatic carbocycles. The number of nitrogens with one attached hydrogen (secondary N) is 1. The van der Waals surface area contributed by atoms with Gasteiger partial charge in [0.2, 0.25) is 5.91 Å². The van der Waals surface area contributed by atoms with Gasteiger partial charge in [0, 0.05) is 31.2 Å². The summed E-state index contributed by atoms with van der Waals surface area (Å²) in [5.41, 5.74) is 0.835. The minimum atomic E-state index is 0.183. The number of rotatable bonds is 4. The highest BCUT2D eigenvalue weighted by molar-refractivity contribution is 5.81. The largest absolute Gasteiger partial charge is 0.354 e. The third-order valence-corrected chi connectivity index (χ3v) is 4.33. The van der Waals surface area contributed by atoms with Gasteiger partial charge in [0.25, 0.3) is 5.89 Å². The summed E-state index contributed by atoms with van der Waals surface area (Å²) in [6.07, 6.45) is 4.75. The van der Waals surface area contributed by atoms with Gasteiger partial charge >= 0.3 is 0 Å². The number of aromatic nitrogens is 3. The van der Waals surface area contributed by atoms with E-state index in [1.54, 1.807) is 13.1 Å². The summed E-state index contributed by atoms with van der Waals surface area (Å²) in [4.78, 5) is 22.9. The second kappa shape index (κ2) is 5.64. The first kappa shape index (κ1) is 14.2. The molecule has 1 saturated carbocycles. The van der Waals surface area contributed by atoms with E-state index in [2.05, 4.69) is 25.3 Å². The fourth-order valence-electron chi connectivity index (χ4n) is 2.96. The van der Waals surface area contributed by atoms with Crippen LogP contribution in [0.2, 0.25) is 0 Å². The van der Waals surface area contributed by atoms with Crippen molar-refractivity contribution in [3.63, 3.8) is 0 Å². The van der Waals surface area contributed by atoms with E-state index in [-0.39, 0.29) is 17.9 Å². The summed E-state index contributed by atoms with van der Waals surface area (Å²) in [5, 5.41) is 7.00. The van der Waals surface area contributed by atoms with Crippen molar-refractivity contribution >= 4 is 11.7 Å². The normalized spacial score (nSPS) is 20.7. The summed E-state index contributed by atoms with van der Waals surface area (Å²) in [7, 11) is 0. The highest BCUT2D eigenvalue weighted by Gasteiger charge is 2.33. The molecule has 0 unspecified atom stereocenters. The predicted octanol–water partition coefficient (Wildman–Crippen LogP) is 1.54. The lowest BCUT2D eigenvalue weighted by Gasteiger charge is -2.19. The minimum Gasteiger partial charge on any atom is -0.354 e. The molecule has 2 aromatic heterocycles. The van der Waals surface area contributed by atoms with Crippen molar-refractivity contribution in [2.45, 2.75) is 32.2 Å². The Balaban J connectivity index is 1.51. The van der Waals surface area contributed by atoms with Gasteiger partial charge in [-0.1, -0.05) is 5.16 Å². The molecule has 1 N–H and O–H groups in total. The SMILES string of the molecule is Cc1noc(-c2cccnc2N2CC[C@@H](NC(=O)C3CC3)C2)n1. The lowest BCUT2D eigenvalue weighted by molar-refractivity contribution is -0.122. The van der Waals surface area contributed by atoms with E-state index in [9.17, 15) is 4.79 Å². The Morgan fingerprint density at radius 3 is 3.00 bits per heavy atom. The Bertz CT molecular complexity index is 725. The fourth-order valence-corrected chi connectivity index (χ4v) is 2.96. The fraction of sp³-hybridized carbons (Fsp3) is 0.500. The Hall–Kier alpha value is -2.44. The van der Waals surface area contributed by atoms with Gasteiger partial charge in [-0.25, -0.2) is 4.98 Å². The standard InChI is InChI=1S/C16H19N5O2/c1-10-18-16(23-20-10)13-3-2-7-17-14(13)21-8-6-12(9-21)19-15(22)11-4-5-11/h2-3,7,11-12H,4-6,8-9H2,1H3,(H,19,22)/t12-/m1/s1. The number of nitrogens with zero attached hydrogens (tertiary/aromatic N) is 4. The summed E-state index contributed by atoms with van der Waals surface area (Å²) < 4.78 is 5.28. The van der Waals surface area contributed by atoms with Gasteiger partial charge < -0.3 is 14.7 Å². The van der Waals surface area contributed by atoms with Crippen LogP contribution in [0.4, 0.5) is 5.82 Å². The van der Waals surface area contributed by atoms with Crippen molar-refractivity contribution in [3.8, 4) is 11.5 Å². The zero-order chi connectivity index (χ0) is 15.8. The van der Waals surface area contributed by atoms with E-state index in [0.29, 0.717) is 11.7 Å². The molecule has 7 heteroatoms. The third kappa shape index (κ3) is 2.91. The first-order valence-corrected chi connectivity index (χ1v) is 8.02. The van der Waals surface area contributed by atoms with Crippen molar-refractivity contribution in [2.24, 2.45) is 5.92 Å². The van der Waals surface area contributed by atoms with Gasteiger partial charge in [-0.2, -0.15) is 4.98 Å². The lowest BCUT2D eigenvalue weighted by atomic mass is 10.2. The second-order valence-corrected chi connectivity index (χ2v) is 6.24.